The van der Waals surface area contributed by atoms with Gasteiger partial charge in [-0.05, 0) is 31.9 Å². The molecule has 144 valence electrons. The second-order valence-electron chi connectivity index (χ2n) is 6.61. The number of esters is 1. The van der Waals surface area contributed by atoms with E-state index >= 15 is 0 Å². The number of aryl methyl sites for hydroxylation is 2. The Balaban J connectivity index is 1.70. The average Bonchev–Trinajstić information content (AvgIpc) is 2.97. The van der Waals surface area contributed by atoms with Crippen molar-refractivity contribution in [3.63, 3.8) is 0 Å². The SMILES string of the molecule is Cc1oc(C)c(C(=O)OCC(=O)NC(c2ccccc2)c2ccccc2)c1C. The molecule has 0 spiro atoms. The van der Waals surface area contributed by atoms with Crippen LogP contribution >= 0.6 is 0 Å². The lowest BCUT2D eigenvalue weighted by Gasteiger charge is -2.20. The molecular weight excluding hydrogens is 354 g/mol. The minimum absolute atomic E-state index is 0.326. The number of benzene rings is 2. The highest BCUT2D eigenvalue weighted by Crippen LogP contribution is 2.23. The van der Waals surface area contributed by atoms with Gasteiger partial charge in [-0.15, -0.1) is 0 Å². The molecule has 0 saturated heterocycles. The Bertz CT molecular complexity index is 922. The Morgan fingerprint density at radius 2 is 1.43 bits per heavy atom. The molecule has 3 rings (SSSR count). The summed E-state index contributed by atoms with van der Waals surface area (Å²) in [7, 11) is 0. The van der Waals surface area contributed by atoms with Crippen molar-refractivity contribution >= 4 is 11.9 Å². The van der Waals surface area contributed by atoms with Crippen LogP contribution in [-0.4, -0.2) is 18.5 Å². The smallest absolute Gasteiger partial charge is 0.342 e. The van der Waals surface area contributed by atoms with E-state index in [2.05, 4.69) is 5.32 Å². The summed E-state index contributed by atoms with van der Waals surface area (Å²) in [5, 5.41) is 2.95. The third-order valence-corrected chi connectivity index (χ3v) is 4.67. The first-order valence-corrected chi connectivity index (χ1v) is 9.10. The molecule has 0 fully saturated rings. The van der Waals surface area contributed by atoms with Gasteiger partial charge < -0.3 is 14.5 Å². The molecule has 3 aromatic rings. The second kappa shape index (κ2) is 8.57. The first-order chi connectivity index (χ1) is 13.5. The van der Waals surface area contributed by atoms with E-state index < -0.39 is 5.97 Å². The molecule has 0 atom stereocenters. The van der Waals surface area contributed by atoms with Crippen LogP contribution in [0.5, 0.6) is 0 Å². The Labute approximate surface area is 164 Å². The number of furan rings is 1. The van der Waals surface area contributed by atoms with Gasteiger partial charge in [0, 0.05) is 5.56 Å². The lowest BCUT2D eigenvalue weighted by Crippen LogP contribution is -2.33. The minimum atomic E-state index is -0.557. The van der Waals surface area contributed by atoms with Crippen molar-refractivity contribution in [2.24, 2.45) is 0 Å². The van der Waals surface area contributed by atoms with Gasteiger partial charge in [0.15, 0.2) is 6.61 Å². The molecule has 28 heavy (non-hydrogen) atoms. The number of carbonyl (C=O) groups excluding carboxylic acids is 2. The number of hydrogen-bond acceptors (Lipinski definition) is 4. The van der Waals surface area contributed by atoms with Crippen molar-refractivity contribution in [1.82, 2.24) is 5.32 Å². The van der Waals surface area contributed by atoms with Crippen molar-refractivity contribution in [3.05, 3.63) is 94.4 Å². The van der Waals surface area contributed by atoms with Crippen LogP contribution in [0, 0.1) is 20.8 Å². The number of hydrogen-bond donors (Lipinski definition) is 1. The number of rotatable bonds is 6. The summed E-state index contributed by atoms with van der Waals surface area (Å²) in [4.78, 5) is 24.9. The van der Waals surface area contributed by atoms with Gasteiger partial charge in [0.1, 0.15) is 17.1 Å². The van der Waals surface area contributed by atoms with Gasteiger partial charge in [0.2, 0.25) is 0 Å². The second-order valence-corrected chi connectivity index (χ2v) is 6.61. The molecular formula is C23H23NO4. The molecule has 1 heterocycles. The maximum Gasteiger partial charge on any atom is 0.342 e. The maximum atomic E-state index is 12.5. The summed E-state index contributed by atoms with van der Waals surface area (Å²) in [6.45, 7) is 4.93. The normalized spacial score (nSPS) is 10.7. The van der Waals surface area contributed by atoms with Crippen molar-refractivity contribution < 1.29 is 18.7 Å². The van der Waals surface area contributed by atoms with Crippen LogP contribution < -0.4 is 5.32 Å². The van der Waals surface area contributed by atoms with Gasteiger partial charge in [-0.2, -0.15) is 0 Å². The molecule has 5 nitrogen and oxygen atoms in total. The zero-order chi connectivity index (χ0) is 20.1. The van der Waals surface area contributed by atoms with Crippen LogP contribution in [0.4, 0.5) is 0 Å². The standard InChI is InChI=1S/C23H23NO4/c1-15-16(2)28-17(3)21(15)23(26)27-14-20(25)24-22(18-10-6-4-7-11-18)19-12-8-5-9-13-19/h4-13,22H,14H2,1-3H3,(H,24,25). The van der Waals surface area contributed by atoms with Crippen LogP contribution in [-0.2, 0) is 9.53 Å². The first kappa shape index (κ1) is 19.4. The van der Waals surface area contributed by atoms with E-state index in [0.29, 0.717) is 17.1 Å². The zero-order valence-electron chi connectivity index (χ0n) is 16.2. The van der Waals surface area contributed by atoms with Crippen LogP contribution in [0.3, 0.4) is 0 Å². The molecule has 1 N–H and O–H groups in total. The minimum Gasteiger partial charge on any atom is -0.465 e. The van der Waals surface area contributed by atoms with E-state index in [1.54, 1.807) is 20.8 Å². The summed E-state index contributed by atoms with van der Waals surface area (Å²) in [5.41, 5.74) is 3.01. The number of nitrogens with one attached hydrogen (secondary N) is 1. The molecule has 2 aromatic carbocycles. The summed E-state index contributed by atoms with van der Waals surface area (Å²) in [5.74, 6) is 0.230. The summed E-state index contributed by atoms with van der Waals surface area (Å²) in [6.07, 6.45) is 0. The van der Waals surface area contributed by atoms with Crippen LogP contribution in [0.15, 0.2) is 65.1 Å². The summed E-state index contributed by atoms with van der Waals surface area (Å²) >= 11 is 0. The fourth-order valence-corrected chi connectivity index (χ4v) is 3.15. The topological polar surface area (TPSA) is 68.5 Å². The average molecular weight is 377 g/mol. The highest BCUT2D eigenvalue weighted by molar-refractivity contribution is 5.94. The summed E-state index contributed by atoms with van der Waals surface area (Å²) < 4.78 is 10.7. The number of carbonyl (C=O) groups is 2. The lowest BCUT2D eigenvalue weighted by atomic mass is 9.99. The quantitative estimate of drug-likeness (QED) is 0.652. The molecule has 1 aromatic heterocycles. The molecule has 0 radical (unpaired) electrons. The monoisotopic (exact) mass is 377 g/mol. The van der Waals surface area contributed by atoms with Gasteiger partial charge in [-0.1, -0.05) is 60.7 Å². The van der Waals surface area contributed by atoms with Gasteiger partial charge in [-0.3, -0.25) is 4.79 Å². The van der Waals surface area contributed by atoms with Crippen LogP contribution in [0.25, 0.3) is 0 Å². The fourth-order valence-electron chi connectivity index (χ4n) is 3.15. The largest absolute Gasteiger partial charge is 0.465 e. The Kier molecular flexibility index (Phi) is 5.94. The third-order valence-electron chi connectivity index (χ3n) is 4.67. The third kappa shape index (κ3) is 4.31. The van der Waals surface area contributed by atoms with Gasteiger partial charge >= 0.3 is 5.97 Å². The Morgan fingerprint density at radius 3 is 1.89 bits per heavy atom. The van der Waals surface area contributed by atoms with E-state index in [0.717, 1.165) is 16.7 Å². The predicted octanol–water partition coefficient (Wildman–Crippen LogP) is 4.27. The molecule has 0 bridgehead atoms. The first-order valence-electron chi connectivity index (χ1n) is 9.10. The highest BCUT2D eigenvalue weighted by atomic mass is 16.5. The van der Waals surface area contributed by atoms with E-state index in [-0.39, 0.29) is 18.6 Å². The summed E-state index contributed by atoms with van der Waals surface area (Å²) in [6, 6.07) is 19.0. The zero-order valence-corrected chi connectivity index (χ0v) is 16.2. The molecule has 0 aliphatic rings. The van der Waals surface area contributed by atoms with Crippen LogP contribution in [0.1, 0.15) is 44.6 Å². The number of ether oxygens (including phenoxy) is 1. The molecule has 0 aliphatic heterocycles. The molecule has 0 aliphatic carbocycles. The molecule has 0 saturated carbocycles. The Morgan fingerprint density at radius 1 is 0.893 bits per heavy atom. The molecule has 0 unspecified atom stereocenters. The van der Waals surface area contributed by atoms with E-state index in [1.165, 1.54) is 0 Å². The van der Waals surface area contributed by atoms with Gasteiger partial charge in [-0.25, -0.2) is 4.79 Å². The van der Waals surface area contributed by atoms with Gasteiger partial charge in [0.25, 0.3) is 5.91 Å². The van der Waals surface area contributed by atoms with Crippen LogP contribution in [0.2, 0.25) is 0 Å². The highest BCUT2D eigenvalue weighted by Gasteiger charge is 2.22. The fraction of sp³-hybridized carbons (Fsp3) is 0.217. The van der Waals surface area contributed by atoms with Gasteiger partial charge in [0.05, 0.1) is 6.04 Å². The van der Waals surface area contributed by atoms with E-state index in [9.17, 15) is 9.59 Å². The Hall–Kier alpha value is -3.34. The van der Waals surface area contributed by atoms with E-state index in [1.807, 2.05) is 60.7 Å². The maximum absolute atomic E-state index is 12.5. The molecule has 5 heteroatoms. The van der Waals surface area contributed by atoms with Crippen molar-refractivity contribution in [2.45, 2.75) is 26.8 Å². The predicted molar refractivity (Wildman–Crippen MR) is 106 cm³/mol. The lowest BCUT2D eigenvalue weighted by molar-refractivity contribution is -0.124. The van der Waals surface area contributed by atoms with Crippen molar-refractivity contribution in [2.75, 3.05) is 6.61 Å². The molecule has 1 amide bonds. The van der Waals surface area contributed by atoms with Crippen molar-refractivity contribution in [1.29, 1.82) is 0 Å². The number of amides is 1. The van der Waals surface area contributed by atoms with Crippen molar-refractivity contribution in [3.8, 4) is 0 Å². The van der Waals surface area contributed by atoms with E-state index in [4.69, 9.17) is 9.15 Å².